The van der Waals surface area contributed by atoms with E-state index >= 15 is 0 Å². The first-order valence-corrected chi connectivity index (χ1v) is 7.74. The zero-order valence-corrected chi connectivity index (χ0v) is 12.4. The van der Waals surface area contributed by atoms with Gasteiger partial charge in [-0.1, -0.05) is 24.3 Å². The molecule has 0 N–H and O–H groups in total. The molecule has 0 aliphatic carbocycles. The number of rotatable bonds is 6. The highest BCUT2D eigenvalue weighted by Gasteiger charge is 2.09. The maximum atomic E-state index is 5.38. The molecule has 2 heterocycles. The zero-order chi connectivity index (χ0) is 14.3. The molecule has 2 aromatic rings. The Morgan fingerprint density at radius 3 is 2.81 bits per heavy atom. The summed E-state index contributed by atoms with van der Waals surface area (Å²) < 4.78 is 7.48. The van der Waals surface area contributed by atoms with Crippen molar-refractivity contribution < 1.29 is 4.74 Å². The topological polar surface area (TPSA) is 30.3 Å². The van der Waals surface area contributed by atoms with E-state index in [9.17, 15) is 0 Å². The van der Waals surface area contributed by atoms with E-state index in [2.05, 4.69) is 38.7 Å². The predicted octanol–water partition coefficient (Wildman–Crippen LogP) is 2.20. The van der Waals surface area contributed by atoms with Gasteiger partial charge in [-0.2, -0.15) is 0 Å². The number of hydrogen-bond donors (Lipinski definition) is 0. The van der Waals surface area contributed by atoms with Crippen LogP contribution in [0.1, 0.15) is 17.5 Å². The molecule has 0 atom stereocenters. The largest absolute Gasteiger partial charge is 0.379 e. The lowest BCUT2D eigenvalue weighted by Gasteiger charge is -2.26. The molecular weight excluding hydrogens is 262 g/mol. The van der Waals surface area contributed by atoms with E-state index in [1.807, 2.05) is 18.7 Å². The van der Waals surface area contributed by atoms with Gasteiger partial charge in [0.05, 0.1) is 19.5 Å². The third-order valence-electron chi connectivity index (χ3n) is 3.96. The summed E-state index contributed by atoms with van der Waals surface area (Å²) in [5.41, 5.74) is 2.78. The molecule has 4 heteroatoms. The normalized spacial score (nSPS) is 16.2. The summed E-state index contributed by atoms with van der Waals surface area (Å²) in [5.74, 6) is 0. The van der Waals surface area contributed by atoms with Crippen molar-refractivity contribution in [2.45, 2.75) is 19.4 Å². The molecule has 4 nitrogen and oxygen atoms in total. The molecule has 21 heavy (non-hydrogen) atoms. The molecule has 0 saturated carbocycles. The van der Waals surface area contributed by atoms with E-state index in [0.29, 0.717) is 0 Å². The Balaban J connectivity index is 1.48. The summed E-state index contributed by atoms with van der Waals surface area (Å²) in [5, 5.41) is 0. The maximum Gasteiger partial charge on any atom is 0.0949 e. The van der Waals surface area contributed by atoms with Crippen LogP contribution >= 0.6 is 0 Å². The van der Waals surface area contributed by atoms with Gasteiger partial charge in [-0.25, -0.2) is 4.98 Å². The average molecular weight is 285 g/mol. The number of nitrogens with zero attached hydrogens (tertiary/aromatic N) is 3. The van der Waals surface area contributed by atoms with Gasteiger partial charge in [0.25, 0.3) is 0 Å². The van der Waals surface area contributed by atoms with Crippen LogP contribution in [0.2, 0.25) is 0 Å². The molecule has 0 bridgehead atoms. The number of hydrogen-bond acceptors (Lipinski definition) is 3. The molecule has 0 radical (unpaired) electrons. The Kier molecular flexibility index (Phi) is 5.03. The van der Waals surface area contributed by atoms with Crippen LogP contribution in [0.3, 0.4) is 0 Å². The van der Waals surface area contributed by atoms with Gasteiger partial charge in [0.15, 0.2) is 0 Å². The third kappa shape index (κ3) is 4.41. The van der Waals surface area contributed by atoms with E-state index in [1.54, 1.807) is 0 Å². The fourth-order valence-corrected chi connectivity index (χ4v) is 2.81. The zero-order valence-electron chi connectivity index (χ0n) is 12.4. The Bertz CT molecular complexity index is 533. The van der Waals surface area contributed by atoms with Gasteiger partial charge in [0.1, 0.15) is 0 Å². The van der Waals surface area contributed by atoms with Crippen LogP contribution in [0.5, 0.6) is 0 Å². The first kappa shape index (κ1) is 14.3. The highest BCUT2D eigenvalue weighted by atomic mass is 16.5. The fraction of sp³-hybridized carbons (Fsp3) is 0.471. The number of benzene rings is 1. The molecule has 3 rings (SSSR count). The second-order valence-corrected chi connectivity index (χ2v) is 5.61. The van der Waals surface area contributed by atoms with E-state index in [-0.39, 0.29) is 0 Å². The summed E-state index contributed by atoms with van der Waals surface area (Å²) in [4.78, 5) is 6.59. The number of aryl methyl sites for hydroxylation is 1. The van der Waals surface area contributed by atoms with Crippen molar-refractivity contribution in [2.75, 3.05) is 32.8 Å². The number of imidazole rings is 1. The molecule has 0 unspecified atom stereocenters. The first-order valence-electron chi connectivity index (χ1n) is 7.74. The van der Waals surface area contributed by atoms with Gasteiger partial charge in [-0.05, 0) is 30.5 Å². The summed E-state index contributed by atoms with van der Waals surface area (Å²) in [6, 6.07) is 8.90. The second kappa shape index (κ2) is 7.38. The first-order chi connectivity index (χ1) is 10.4. The van der Waals surface area contributed by atoms with Crippen LogP contribution in [0.25, 0.3) is 0 Å². The maximum absolute atomic E-state index is 5.38. The highest BCUT2D eigenvalue weighted by molar-refractivity contribution is 5.24. The van der Waals surface area contributed by atoms with Crippen molar-refractivity contribution in [3.63, 3.8) is 0 Å². The van der Waals surface area contributed by atoms with E-state index in [1.165, 1.54) is 24.1 Å². The standard InChI is InChI=1S/C17H23N3O/c1-3-16(5-2-7-19-9-11-21-12-10-19)13-17(4-1)14-20-8-6-18-15-20/h1,3-4,6,8,13,15H,2,5,7,9-12,14H2. The van der Waals surface area contributed by atoms with Gasteiger partial charge in [-0.15, -0.1) is 0 Å². The van der Waals surface area contributed by atoms with Crippen LogP contribution in [0.4, 0.5) is 0 Å². The molecule has 1 fully saturated rings. The smallest absolute Gasteiger partial charge is 0.0949 e. The lowest BCUT2D eigenvalue weighted by molar-refractivity contribution is 0.0375. The Morgan fingerprint density at radius 2 is 2.00 bits per heavy atom. The molecule has 1 aliphatic rings. The van der Waals surface area contributed by atoms with E-state index in [4.69, 9.17) is 4.74 Å². The van der Waals surface area contributed by atoms with Gasteiger partial charge in [0, 0.05) is 32.0 Å². The van der Waals surface area contributed by atoms with Gasteiger partial charge in [0.2, 0.25) is 0 Å². The minimum Gasteiger partial charge on any atom is -0.379 e. The SMILES string of the molecule is c1cc(CCCN2CCOCC2)cc(Cn2ccnc2)c1. The monoisotopic (exact) mass is 285 g/mol. The number of ether oxygens (including phenoxy) is 1. The van der Waals surface area contributed by atoms with Crippen LogP contribution in [0, 0.1) is 0 Å². The minimum atomic E-state index is 0.889. The van der Waals surface area contributed by atoms with Crippen LogP contribution in [0.15, 0.2) is 43.0 Å². The summed E-state index contributed by atoms with van der Waals surface area (Å²) in [6.07, 6.45) is 8.06. The van der Waals surface area contributed by atoms with Gasteiger partial charge >= 0.3 is 0 Å². The molecule has 1 saturated heterocycles. The fourth-order valence-electron chi connectivity index (χ4n) is 2.81. The summed E-state index contributed by atoms with van der Waals surface area (Å²) in [6.45, 7) is 6.02. The van der Waals surface area contributed by atoms with Crippen LogP contribution in [-0.2, 0) is 17.7 Å². The quantitative estimate of drug-likeness (QED) is 0.815. The third-order valence-corrected chi connectivity index (χ3v) is 3.96. The average Bonchev–Trinajstić information content (AvgIpc) is 3.02. The summed E-state index contributed by atoms with van der Waals surface area (Å²) >= 11 is 0. The summed E-state index contributed by atoms with van der Waals surface area (Å²) in [7, 11) is 0. The Labute approximate surface area is 126 Å². The van der Waals surface area contributed by atoms with E-state index in [0.717, 1.165) is 39.3 Å². The molecular formula is C17H23N3O. The van der Waals surface area contributed by atoms with Crippen molar-refractivity contribution in [2.24, 2.45) is 0 Å². The molecule has 0 spiro atoms. The lowest BCUT2D eigenvalue weighted by atomic mass is 10.1. The van der Waals surface area contributed by atoms with E-state index < -0.39 is 0 Å². The van der Waals surface area contributed by atoms with Crippen molar-refractivity contribution in [1.29, 1.82) is 0 Å². The number of aromatic nitrogens is 2. The minimum absolute atomic E-state index is 0.889. The van der Waals surface area contributed by atoms with Crippen molar-refractivity contribution >= 4 is 0 Å². The lowest BCUT2D eigenvalue weighted by Crippen LogP contribution is -2.36. The Hall–Kier alpha value is -1.65. The van der Waals surface area contributed by atoms with Crippen molar-refractivity contribution in [3.8, 4) is 0 Å². The Morgan fingerprint density at radius 1 is 1.14 bits per heavy atom. The molecule has 1 aromatic carbocycles. The molecule has 1 aliphatic heterocycles. The number of morpholine rings is 1. The highest BCUT2D eigenvalue weighted by Crippen LogP contribution is 2.10. The van der Waals surface area contributed by atoms with Crippen molar-refractivity contribution in [1.82, 2.24) is 14.5 Å². The predicted molar refractivity (Wildman–Crippen MR) is 83.4 cm³/mol. The van der Waals surface area contributed by atoms with Crippen molar-refractivity contribution in [3.05, 3.63) is 54.1 Å². The van der Waals surface area contributed by atoms with Gasteiger partial charge < -0.3 is 9.30 Å². The molecule has 0 amide bonds. The second-order valence-electron chi connectivity index (χ2n) is 5.61. The molecule has 1 aromatic heterocycles. The van der Waals surface area contributed by atoms with Crippen LogP contribution in [-0.4, -0.2) is 47.3 Å². The van der Waals surface area contributed by atoms with Crippen LogP contribution < -0.4 is 0 Å². The van der Waals surface area contributed by atoms with Gasteiger partial charge in [-0.3, -0.25) is 4.90 Å². The molecule has 112 valence electrons.